The smallest absolute Gasteiger partial charge is 0.230 e. The molecule has 0 fully saturated rings. The van der Waals surface area contributed by atoms with Crippen molar-refractivity contribution in [3.05, 3.63) is 53.9 Å². The van der Waals surface area contributed by atoms with Crippen molar-refractivity contribution in [1.82, 2.24) is 19.9 Å². The fourth-order valence-electron chi connectivity index (χ4n) is 3.47. The molecule has 0 unspecified atom stereocenters. The minimum Gasteiger partial charge on any atom is -0.493 e. The zero-order valence-corrected chi connectivity index (χ0v) is 18.1. The van der Waals surface area contributed by atoms with Crippen LogP contribution in [0.5, 0.6) is 17.2 Å². The first-order valence-electron chi connectivity index (χ1n) is 9.69. The molecule has 0 atom stereocenters. The van der Waals surface area contributed by atoms with Crippen LogP contribution in [-0.4, -0.2) is 41.3 Å². The topological polar surface area (TPSA) is 91.3 Å². The molecule has 0 spiro atoms. The number of aryl methyl sites for hydroxylation is 2. The molecule has 2 aromatic heterocycles. The van der Waals surface area contributed by atoms with E-state index in [1.54, 1.807) is 27.4 Å². The number of ether oxygens (including phenoxy) is 3. The molecular weight excluding hydrogens is 394 g/mol. The lowest BCUT2D eigenvalue weighted by Crippen LogP contribution is -2.05. The fourth-order valence-corrected chi connectivity index (χ4v) is 3.47. The van der Waals surface area contributed by atoms with Crippen LogP contribution in [0.4, 0.5) is 11.9 Å². The maximum Gasteiger partial charge on any atom is 0.230 e. The van der Waals surface area contributed by atoms with Gasteiger partial charge >= 0.3 is 0 Å². The van der Waals surface area contributed by atoms with Crippen LogP contribution in [0, 0.1) is 13.8 Å². The van der Waals surface area contributed by atoms with Crippen molar-refractivity contribution in [2.75, 3.05) is 26.6 Å². The molecule has 1 N–H and O–H groups in total. The summed E-state index contributed by atoms with van der Waals surface area (Å²) in [5, 5.41) is 3.88. The molecule has 2 aromatic carbocycles. The van der Waals surface area contributed by atoms with Crippen LogP contribution in [0.1, 0.15) is 11.4 Å². The van der Waals surface area contributed by atoms with E-state index in [0.717, 1.165) is 28.0 Å². The van der Waals surface area contributed by atoms with E-state index in [2.05, 4.69) is 25.3 Å². The average Bonchev–Trinajstić information content (AvgIpc) is 2.77. The van der Waals surface area contributed by atoms with Gasteiger partial charge in [0.25, 0.3) is 0 Å². The molecule has 0 saturated heterocycles. The molecule has 0 aliphatic heterocycles. The van der Waals surface area contributed by atoms with Crippen LogP contribution >= 0.6 is 0 Å². The Morgan fingerprint density at radius 3 is 2.13 bits per heavy atom. The Bertz CT molecular complexity index is 1250. The van der Waals surface area contributed by atoms with Gasteiger partial charge in [0.15, 0.2) is 11.5 Å². The number of methoxy groups -OCH3 is 3. The molecule has 0 bridgehead atoms. The lowest BCUT2D eigenvalue weighted by Gasteiger charge is -2.16. The van der Waals surface area contributed by atoms with E-state index in [4.69, 9.17) is 14.2 Å². The first kappa shape index (κ1) is 20.3. The molecule has 0 aliphatic carbocycles. The third-order valence-electron chi connectivity index (χ3n) is 4.82. The van der Waals surface area contributed by atoms with Gasteiger partial charge in [-0.3, -0.25) is 5.32 Å². The number of hydrogen-bond acceptors (Lipinski definition) is 8. The summed E-state index contributed by atoms with van der Waals surface area (Å²) in [5.74, 6) is 2.35. The van der Waals surface area contributed by atoms with Gasteiger partial charge < -0.3 is 14.2 Å². The Balaban J connectivity index is 1.79. The van der Waals surface area contributed by atoms with Gasteiger partial charge in [0, 0.05) is 17.3 Å². The fraction of sp³-hybridized carbons (Fsp3) is 0.217. The van der Waals surface area contributed by atoms with Crippen LogP contribution in [0.3, 0.4) is 0 Å². The van der Waals surface area contributed by atoms with E-state index in [1.807, 2.05) is 50.2 Å². The Hall–Kier alpha value is -3.94. The van der Waals surface area contributed by atoms with Gasteiger partial charge in [-0.25, -0.2) is 19.9 Å². The zero-order chi connectivity index (χ0) is 22.0. The maximum atomic E-state index is 5.58. The molecule has 4 rings (SSSR count). The van der Waals surface area contributed by atoms with E-state index < -0.39 is 0 Å². The quantitative estimate of drug-likeness (QED) is 0.491. The Morgan fingerprint density at radius 1 is 0.742 bits per heavy atom. The number of nitrogens with one attached hydrogen (secondary N) is 1. The van der Waals surface area contributed by atoms with Crippen molar-refractivity contribution in [2.45, 2.75) is 13.8 Å². The summed E-state index contributed by atoms with van der Waals surface area (Å²) in [6, 6.07) is 13.7. The highest BCUT2D eigenvalue weighted by Crippen LogP contribution is 2.43. The number of aromatic nitrogens is 4. The summed E-state index contributed by atoms with van der Waals surface area (Å²) in [5.41, 5.74) is 4.04. The Morgan fingerprint density at radius 2 is 1.45 bits per heavy atom. The molecule has 0 amide bonds. The Kier molecular flexibility index (Phi) is 5.53. The highest BCUT2D eigenvalue weighted by Gasteiger charge is 2.20. The number of rotatable bonds is 6. The van der Waals surface area contributed by atoms with Crippen LogP contribution in [0.25, 0.3) is 22.2 Å². The third-order valence-corrected chi connectivity index (χ3v) is 4.82. The summed E-state index contributed by atoms with van der Waals surface area (Å²) in [7, 11) is 4.72. The highest BCUT2D eigenvalue weighted by molar-refractivity contribution is 5.93. The van der Waals surface area contributed by atoms with Crippen molar-refractivity contribution in [2.24, 2.45) is 0 Å². The lowest BCUT2D eigenvalue weighted by molar-refractivity contribution is 0.327. The van der Waals surface area contributed by atoms with E-state index >= 15 is 0 Å². The summed E-state index contributed by atoms with van der Waals surface area (Å²) in [6.45, 7) is 3.81. The second kappa shape index (κ2) is 8.43. The molecule has 8 heteroatoms. The molecule has 0 saturated carbocycles. The monoisotopic (exact) mass is 417 g/mol. The van der Waals surface area contributed by atoms with Crippen molar-refractivity contribution in [3.63, 3.8) is 0 Å². The molecule has 8 nitrogen and oxygen atoms in total. The van der Waals surface area contributed by atoms with Crippen molar-refractivity contribution >= 4 is 22.8 Å². The van der Waals surface area contributed by atoms with E-state index in [-0.39, 0.29) is 0 Å². The number of nitrogens with zero attached hydrogens (tertiary/aromatic N) is 4. The van der Waals surface area contributed by atoms with Gasteiger partial charge in [-0.05, 0) is 19.9 Å². The van der Waals surface area contributed by atoms with Gasteiger partial charge in [-0.1, -0.05) is 30.3 Å². The highest BCUT2D eigenvalue weighted by atomic mass is 16.5. The zero-order valence-electron chi connectivity index (χ0n) is 18.1. The van der Waals surface area contributed by atoms with Crippen molar-refractivity contribution in [3.8, 4) is 28.5 Å². The maximum absolute atomic E-state index is 5.58. The number of anilines is 2. The van der Waals surface area contributed by atoms with Crippen LogP contribution in [-0.2, 0) is 0 Å². The summed E-state index contributed by atoms with van der Waals surface area (Å²) in [6.07, 6.45) is 0. The van der Waals surface area contributed by atoms with E-state index in [1.165, 1.54) is 0 Å². The summed E-state index contributed by atoms with van der Waals surface area (Å²) < 4.78 is 16.5. The second-order valence-electron chi connectivity index (χ2n) is 6.88. The van der Waals surface area contributed by atoms with E-state index in [9.17, 15) is 0 Å². The molecule has 2 heterocycles. The third kappa shape index (κ3) is 3.92. The first-order valence-corrected chi connectivity index (χ1v) is 9.69. The standard InChI is InChI=1S/C23H23N5O3/c1-13-11-16(15-9-7-6-8-10-15)26-22(24-13)28-23-25-14(2)19-17(27-23)12-18(29-3)20(30-4)21(19)31-5/h6-12H,1-5H3,(H,24,25,26,27,28). The lowest BCUT2D eigenvalue weighted by atomic mass is 10.1. The SMILES string of the molecule is COc1cc2nc(Nc3nc(C)cc(-c4ccccc4)n3)nc(C)c2c(OC)c1OC. The van der Waals surface area contributed by atoms with Crippen molar-refractivity contribution < 1.29 is 14.2 Å². The van der Waals surface area contributed by atoms with Crippen LogP contribution in [0.15, 0.2) is 42.5 Å². The number of fused-ring (bicyclic) bond motifs is 1. The molecule has 0 radical (unpaired) electrons. The summed E-state index contributed by atoms with van der Waals surface area (Å²) >= 11 is 0. The van der Waals surface area contributed by atoms with Gasteiger partial charge in [0.1, 0.15) is 0 Å². The van der Waals surface area contributed by atoms with E-state index in [0.29, 0.717) is 34.7 Å². The predicted molar refractivity (Wildman–Crippen MR) is 119 cm³/mol. The number of hydrogen-bond donors (Lipinski definition) is 1. The minimum atomic E-state index is 0.379. The van der Waals surface area contributed by atoms with Gasteiger partial charge in [0.05, 0.1) is 43.6 Å². The minimum absolute atomic E-state index is 0.379. The average molecular weight is 417 g/mol. The van der Waals surface area contributed by atoms with Crippen molar-refractivity contribution in [1.29, 1.82) is 0 Å². The molecular formula is C23H23N5O3. The summed E-state index contributed by atoms with van der Waals surface area (Å²) in [4.78, 5) is 18.3. The second-order valence-corrected chi connectivity index (χ2v) is 6.88. The first-order chi connectivity index (χ1) is 15.0. The van der Waals surface area contributed by atoms with Gasteiger partial charge in [-0.15, -0.1) is 0 Å². The normalized spacial score (nSPS) is 10.7. The largest absolute Gasteiger partial charge is 0.493 e. The van der Waals surface area contributed by atoms with Gasteiger partial charge in [-0.2, -0.15) is 0 Å². The Labute approximate surface area is 180 Å². The molecule has 158 valence electrons. The molecule has 31 heavy (non-hydrogen) atoms. The molecule has 4 aromatic rings. The van der Waals surface area contributed by atoms with Gasteiger partial charge in [0.2, 0.25) is 17.6 Å². The predicted octanol–water partition coefficient (Wildman–Crippen LogP) is 4.47. The van der Waals surface area contributed by atoms with Crippen LogP contribution in [0.2, 0.25) is 0 Å². The number of benzene rings is 2. The molecule has 0 aliphatic rings. The van der Waals surface area contributed by atoms with Crippen LogP contribution < -0.4 is 19.5 Å².